The van der Waals surface area contributed by atoms with Gasteiger partial charge in [-0.15, -0.1) is 10.2 Å². The summed E-state index contributed by atoms with van der Waals surface area (Å²) in [5.41, 5.74) is 0.675. The highest BCUT2D eigenvalue weighted by Crippen LogP contribution is 2.23. The summed E-state index contributed by atoms with van der Waals surface area (Å²) in [6.45, 7) is 0. The van der Waals surface area contributed by atoms with E-state index in [1.807, 2.05) is 0 Å². The highest BCUT2D eigenvalue weighted by molar-refractivity contribution is 7.13. The number of hydrogen-bond donors (Lipinski definition) is 0. The van der Waals surface area contributed by atoms with Crippen LogP contribution in [0.15, 0.2) is 18.5 Å². The van der Waals surface area contributed by atoms with Gasteiger partial charge in [0.2, 0.25) is 0 Å². The number of nitrogens with zero attached hydrogens (tertiary/aromatic N) is 3. The van der Waals surface area contributed by atoms with Crippen LogP contribution in [0.25, 0.3) is 10.6 Å². The van der Waals surface area contributed by atoms with Gasteiger partial charge in [0, 0.05) is 18.0 Å². The highest BCUT2D eigenvalue weighted by Gasteiger charge is 2.06. The molecule has 0 aromatic carbocycles. The summed E-state index contributed by atoms with van der Waals surface area (Å²) < 4.78 is 12.5. The first kappa shape index (κ1) is 8.52. The maximum atomic E-state index is 12.5. The van der Waals surface area contributed by atoms with Crippen LogP contribution in [0.1, 0.15) is 0 Å². The Balaban J connectivity index is 2.46. The summed E-state index contributed by atoms with van der Waals surface area (Å²) >= 11 is 6.56. The number of rotatable bonds is 1. The molecule has 66 valence electrons. The van der Waals surface area contributed by atoms with Crippen LogP contribution in [0, 0.1) is 5.26 Å². The first-order valence-electron chi connectivity index (χ1n) is 3.35. The number of halogens is 2. The van der Waals surface area contributed by atoms with Crippen molar-refractivity contribution in [3.8, 4) is 10.6 Å². The minimum Gasteiger partial charge on any atom is -0.262 e. The van der Waals surface area contributed by atoms with E-state index in [1.54, 1.807) is 12.3 Å². The third kappa shape index (κ3) is 1.81. The molecule has 6 heteroatoms. The number of hydrogen-bond acceptors (Lipinski definition) is 4. The van der Waals surface area contributed by atoms with Gasteiger partial charge in [0.05, 0.1) is 5.02 Å². The maximum Gasteiger partial charge on any atom is 0.289 e. The minimum atomic E-state index is -0.560. The molecule has 13 heavy (non-hydrogen) atoms. The molecule has 2 aromatic rings. The Morgan fingerprint density at radius 1 is 1.31 bits per heavy atom. The van der Waals surface area contributed by atoms with Gasteiger partial charge in [-0.3, -0.25) is 4.98 Å². The van der Waals surface area contributed by atoms with Crippen LogP contribution >= 0.6 is 22.9 Å². The fourth-order valence-electron chi connectivity index (χ4n) is 0.851. The van der Waals surface area contributed by atoms with E-state index in [-0.39, 0.29) is 0 Å². The van der Waals surface area contributed by atoms with Gasteiger partial charge < -0.3 is 0 Å². The molecule has 0 fully saturated rings. The minimum absolute atomic E-state index is 0.479. The Morgan fingerprint density at radius 3 is 2.77 bits per heavy atom. The van der Waals surface area contributed by atoms with E-state index >= 15 is 0 Å². The normalized spacial score (nSPS) is 10.3. The van der Waals surface area contributed by atoms with Gasteiger partial charge in [0.1, 0.15) is 0 Å². The Labute approximate surface area is 82.2 Å². The van der Waals surface area contributed by atoms with Gasteiger partial charge in [-0.1, -0.05) is 22.9 Å². The van der Waals surface area contributed by atoms with Crippen LogP contribution in [0.3, 0.4) is 0 Å². The molecule has 0 bridgehead atoms. The second-order valence-corrected chi connectivity index (χ2v) is 3.62. The summed E-state index contributed by atoms with van der Waals surface area (Å²) in [5.74, 6) is 0. The van der Waals surface area contributed by atoms with Crippen LogP contribution in [-0.4, -0.2) is 15.2 Å². The van der Waals surface area contributed by atoms with Crippen LogP contribution in [0.2, 0.25) is 5.02 Å². The fourth-order valence-corrected chi connectivity index (χ4v) is 1.58. The Hall–Kier alpha value is -1.07. The summed E-state index contributed by atoms with van der Waals surface area (Å²) in [6.07, 6.45) is 3.06. The van der Waals surface area contributed by atoms with Gasteiger partial charge in [0.15, 0.2) is 5.01 Å². The van der Waals surface area contributed by atoms with Gasteiger partial charge in [0.25, 0.3) is 5.26 Å². The zero-order valence-corrected chi connectivity index (χ0v) is 7.81. The predicted molar refractivity (Wildman–Crippen MR) is 48.1 cm³/mol. The summed E-state index contributed by atoms with van der Waals surface area (Å²) in [5, 5.41) is 7.29. The third-order valence-electron chi connectivity index (χ3n) is 1.35. The smallest absolute Gasteiger partial charge is 0.262 e. The van der Waals surface area contributed by atoms with Crippen LogP contribution < -0.4 is 0 Å². The Bertz CT molecular complexity index is 431. The molecule has 0 saturated heterocycles. The van der Waals surface area contributed by atoms with E-state index in [0.717, 1.165) is 11.3 Å². The summed E-state index contributed by atoms with van der Waals surface area (Å²) in [6, 6.07) is 1.66. The van der Waals surface area contributed by atoms with E-state index in [9.17, 15) is 4.39 Å². The lowest BCUT2D eigenvalue weighted by atomic mass is 10.3. The van der Waals surface area contributed by atoms with Crippen molar-refractivity contribution in [2.45, 2.75) is 0 Å². The molecular formula is C7H3ClFN3S. The molecule has 0 radical (unpaired) electrons. The molecule has 0 aliphatic rings. The standard InChI is InChI=1S/C7H3ClFN3S/c8-5-1-4(2-10-3-5)6-11-12-7(9)13-6/h1-3H. The van der Waals surface area contributed by atoms with E-state index in [4.69, 9.17) is 11.6 Å². The molecule has 2 aromatic heterocycles. The van der Waals surface area contributed by atoms with E-state index < -0.39 is 5.26 Å². The van der Waals surface area contributed by atoms with Crippen LogP contribution in [0.5, 0.6) is 0 Å². The largest absolute Gasteiger partial charge is 0.289 e. The molecule has 0 unspecified atom stereocenters. The first-order chi connectivity index (χ1) is 6.25. The first-order valence-corrected chi connectivity index (χ1v) is 4.55. The Kier molecular flexibility index (Phi) is 2.20. The quantitative estimate of drug-likeness (QED) is 0.733. The molecule has 3 nitrogen and oxygen atoms in total. The highest BCUT2D eigenvalue weighted by atomic mass is 35.5. The van der Waals surface area contributed by atoms with Crippen molar-refractivity contribution in [1.82, 2.24) is 15.2 Å². The van der Waals surface area contributed by atoms with Crippen molar-refractivity contribution in [1.29, 1.82) is 0 Å². The lowest BCUT2D eigenvalue weighted by molar-refractivity contribution is 0.601. The average Bonchev–Trinajstić information content (AvgIpc) is 2.52. The van der Waals surface area contributed by atoms with Gasteiger partial charge in [-0.2, -0.15) is 4.39 Å². The zero-order valence-electron chi connectivity index (χ0n) is 6.24. The fraction of sp³-hybridized carbons (Fsp3) is 0. The zero-order chi connectivity index (χ0) is 9.26. The van der Waals surface area contributed by atoms with Gasteiger partial charge in [-0.05, 0) is 6.07 Å². The van der Waals surface area contributed by atoms with E-state index in [1.165, 1.54) is 6.20 Å². The van der Waals surface area contributed by atoms with Gasteiger partial charge in [-0.25, -0.2) is 0 Å². The lowest BCUT2D eigenvalue weighted by Gasteiger charge is -1.93. The van der Waals surface area contributed by atoms with Crippen molar-refractivity contribution < 1.29 is 4.39 Å². The maximum absolute atomic E-state index is 12.5. The summed E-state index contributed by atoms with van der Waals surface area (Å²) in [7, 11) is 0. The molecule has 0 spiro atoms. The Morgan fingerprint density at radius 2 is 2.15 bits per heavy atom. The lowest BCUT2D eigenvalue weighted by Crippen LogP contribution is -1.79. The predicted octanol–water partition coefficient (Wildman–Crippen LogP) is 2.39. The van der Waals surface area contributed by atoms with Crippen LogP contribution in [0.4, 0.5) is 4.39 Å². The van der Waals surface area contributed by atoms with E-state index in [2.05, 4.69) is 15.2 Å². The van der Waals surface area contributed by atoms with Crippen molar-refractivity contribution in [2.24, 2.45) is 0 Å². The van der Waals surface area contributed by atoms with E-state index in [0.29, 0.717) is 15.6 Å². The number of pyridine rings is 1. The van der Waals surface area contributed by atoms with Crippen molar-refractivity contribution in [2.75, 3.05) is 0 Å². The SMILES string of the molecule is Fc1nnc(-c2cncc(Cl)c2)s1. The van der Waals surface area contributed by atoms with Crippen LogP contribution in [-0.2, 0) is 0 Å². The average molecular weight is 216 g/mol. The monoisotopic (exact) mass is 215 g/mol. The second-order valence-electron chi connectivity index (χ2n) is 2.25. The van der Waals surface area contributed by atoms with Crippen molar-refractivity contribution >= 4 is 22.9 Å². The summed E-state index contributed by atoms with van der Waals surface area (Å²) in [4.78, 5) is 3.85. The molecule has 0 aliphatic heterocycles. The molecular weight excluding hydrogens is 213 g/mol. The molecule has 0 aliphatic carbocycles. The molecule has 0 saturated carbocycles. The molecule has 0 amide bonds. The second kappa shape index (κ2) is 3.35. The topological polar surface area (TPSA) is 38.7 Å². The molecule has 2 rings (SSSR count). The third-order valence-corrected chi connectivity index (χ3v) is 2.32. The molecule has 0 atom stereocenters. The molecule has 0 N–H and O–H groups in total. The van der Waals surface area contributed by atoms with Crippen molar-refractivity contribution in [3.05, 3.63) is 28.7 Å². The van der Waals surface area contributed by atoms with Gasteiger partial charge >= 0.3 is 0 Å². The van der Waals surface area contributed by atoms with Crippen molar-refractivity contribution in [3.63, 3.8) is 0 Å². The molecule has 2 heterocycles. The number of aromatic nitrogens is 3.